The van der Waals surface area contributed by atoms with Gasteiger partial charge < -0.3 is 0 Å². The smallest absolute Gasteiger partial charge is 0.223 e. The van der Waals surface area contributed by atoms with Gasteiger partial charge in [0, 0.05) is 6.04 Å². The van der Waals surface area contributed by atoms with E-state index in [9.17, 15) is 8.42 Å². The molecule has 1 heterocycles. The first-order valence-electron chi connectivity index (χ1n) is 9.17. The number of aromatic nitrogens is 3. The van der Waals surface area contributed by atoms with Crippen molar-refractivity contribution in [2.45, 2.75) is 52.5 Å². The molecule has 7 heteroatoms. The Morgan fingerprint density at radius 3 is 1.93 bits per heavy atom. The molecular formula is C21H26N4O2S. The Bertz CT molecular complexity index is 1070. The summed E-state index contributed by atoms with van der Waals surface area (Å²) in [7, 11) is -3.66. The van der Waals surface area contributed by atoms with Crippen molar-refractivity contribution in [3.63, 3.8) is 0 Å². The molecule has 0 saturated carbocycles. The molecule has 0 aliphatic carbocycles. The van der Waals surface area contributed by atoms with Gasteiger partial charge >= 0.3 is 0 Å². The van der Waals surface area contributed by atoms with Crippen molar-refractivity contribution in [2.75, 3.05) is 0 Å². The molecule has 0 bridgehead atoms. The first-order valence-corrected chi connectivity index (χ1v) is 10.7. The molecule has 3 aromatic rings. The van der Waals surface area contributed by atoms with E-state index in [0.29, 0.717) is 4.90 Å². The van der Waals surface area contributed by atoms with Gasteiger partial charge in [0.25, 0.3) is 0 Å². The lowest BCUT2D eigenvalue weighted by Gasteiger charge is -2.21. The molecule has 0 unspecified atom stereocenters. The van der Waals surface area contributed by atoms with Gasteiger partial charge in [-0.3, -0.25) is 0 Å². The minimum atomic E-state index is -3.66. The van der Waals surface area contributed by atoms with E-state index in [1.54, 1.807) is 11.0 Å². The molecule has 148 valence electrons. The number of nitrogens with zero attached hydrogens (tertiary/aromatic N) is 3. The molecule has 0 fully saturated rings. The zero-order valence-electron chi connectivity index (χ0n) is 17.1. The van der Waals surface area contributed by atoms with Crippen molar-refractivity contribution in [1.82, 2.24) is 19.5 Å². The lowest BCUT2D eigenvalue weighted by molar-refractivity contribution is 0.565. The van der Waals surface area contributed by atoms with Crippen LogP contribution in [0, 0.1) is 34.6 Å². The molecule has 1 atom stereocenters. The number of benzene rings is 2. The fraction of sp³-hybridized carbons (Fsp3) is 0.333. The van der Waals surface area contributed by atoms with E-state index in [1.807, 2.05) is 65.8 Å². The van der Waals surface area contributed by atoms with E-state index in [1.165, 1.54) is 6.33 Å². The highest BCUT2D eigenvalue weighted by molar-refractivity contribution is 7.89. The van der Waals surface area contributed by atoms with Gasteiger partial charge in [-0.15, -0.1) is 0 Å². The van der Waals surface area contributed by atoms with Crippen LogP contribution in [0.2, 0.25) is 0 Å². The van der Waals surface area contributed by atoms with Crippen LogP contribution in [0.5, 0.6) is 0 Å². The van der Waals surface area contributed by atoms with Crippen molar-refractivity contribution in [3.8, 4) is 5.69 Å². The highest BCUT2D eigenvalue weighted by Crippen LogP contribution is 2.30. The van der Waals surface area contributed by atoms with Gasteiger partial charge in [0.1, 0.15) is 12.7 Å². The van der Waals surface area contributed by atoms with Gasteiger partial charge in [0.15, 0.2) is 0 Å². The van der Waals surface area contributed by atoms with Crippen LogP contribution in [-0.4, -0.2) is 23.2 Å². The number of hydrogen-bond donors (Lipinski definition) is 1. The fourth-order valence-electron chi connectivity index (χ4n) is 3.49. The number of hydrogen-bond acceptors (Lipinski definition) is 4. The van der Waals surface area contributed by atoms with E-state index < -0.39 is 10.0 Å². The van der Waals surface area contributed by atoms with Crippen LogP contribution in [0.1, 0.15) is 46.3 Å². The molecule has 0 saturated heterocycles. The predicted molar refractivity (Wildman–Crippen MR) is 110 cm³/mol. The molecule has 2 aromatic carbocycles. The fourth-order valence-corrected chi connectivity index (χ4v) is 5.32. The third-order valence-electron chi connectivity index (χ3n) is 5.61. The van der Waals surface area contributed by atoms with Crippen molar-refractivity contribution in [2.24, 2.45) is 0 Å². The summed E-state index contributed by atoms with van der Waals surface area (Å²) in [6.07, 6.45) is 3.09. The number of nitrogens with one attached hydrogen (secondary N) is 1. The maximum absolute atomic E-state index is 13.2. The highest BCUT2D eigenvalue weighted by Gasteiger charge is 2.25. The summed E-state index contributed by atoms with van der Waals surface area (Å²) in [6.45, 7) is 11.6. The van der Waals surface area contributed by atoms with Crippen molar-refractivity contribution < 1.29 is 8.42 Å². The highest BCUT2D eigenvalue weighted by atomic mass is 32.2. The van der Waals surface area contributed by atoms with Gasteiger partial charge in [0.2, 0.25) is 10.0 Å². The molecule has 28 heavy (non-hydrogen) atoms. The van der Waals surface area contributed by atoms with Crippen LogP contribution in [0.25, 0.3) is 5.69 Å². The lowest BCUT2D eigenvalue weighted by Crippen LogP contribution is -2.28. The quantitative estimate of drug-likeness (QED) is 0.708. The molecule has 3 rings (SSSR count). The zero-order chi connectivity index (χ0) is 20.6. The predicted octanol–water partition coefficient (Wildman–Crippen LogP) is 3.85. The van der Waals surface area contributed by atoms with Crippen LogP contribution in [0.3, 0.4) is 0 Å². The minimum absolute atomic E-state index is 0.365. The summed E-state index contributed by atoms with van der Waals surface area (Å²) < 4.78 is 30.9. The molecule has 6 nitrogen and oxygen atoms in total. The molecule has 0 amide bonds. The molecule has 0 aliphatic rings. The Balaban J connectivity index is 1.91. The van der Waals surface area contributed by atoms with E-state index >= 15 is 0 Å². The van der Waals surface area contributed by atoms with Crippen molar-refractivity contribution >= 4 is 10.0 Å². The van der Waals surface area contributed by atoms with E-state index in [4.69, 9.17) is 0 Å². The molecule has 0 radical (unpaired) electrons. The van der Waals surface area contributed by atoms with E-state index in [0.717, 1.165) is 39.1 Å². The molecule has 0 spiro atoms. The largest absolute Gasteiger partial charge is 0.241 e. The van der Waals surface area contributed by atoms with Crippen LogP contribution in [0.4, 0.5) is 0 Å². The first kappa shape index (κ1) is 20.2. The maximum Gasteiger partial charge on any atom is 0.241 e. The second kappa shape index (κ2) is 7.48. The Kier molecular flexibility index (Phi) is 5.41. The normalized spacial score (nSPS) is 12.9. The third-order valence-corrected chi connectivity index (χ3v) is 7.42. The second-order valence-electron chi connectivity index (χ2n) is 7.23. The number of sulfonamides is 1. The summed E-state index contributed by atoms with van der Waals surface area (Å²) in [4.78, 5) is 4.32. The average Bonchev–Trinajstić information content (AvgIpc) is 3.19. The Labute approximate surface area is 166 Å². The van der Waals surface area contributed by atoms with E-state index in [-0.39, 0.29) is 6.04 Å². The Hall–Kier alpha value is -2.51. The Morgan fingerprint density at radius 1 is 0.893 bits per heavy atom. The summed E-state index contributed by atoms with van der Waals surface area (Å²) in [6, 6.07) is 7.22. The molecule has 0 aliphatic heterocycles. The maximum atomic E-state index is 13.2. The van der Waals surface area contributed by atoms with Gasteiger partial charge in [-0.2, -0.15) is 5.10 Å². The zero-order valence-corrected chi connectivity index (χ0v) is 17.9. The first-order chi connectivity index (χ1) is 13.1. The van der Waals surface area contributed by atoms with Gasteiger partial charge in [-0.1, -0.05) is 12.1 Å². The summed E-state index contributed by atoms with van der Waals surface area (Å²) in [5.74, 6) is 0. The van der Waals surface area contributed by atoms with Gasteiger partial charge in [0.05, 0.1) is 10.6 Å². The SMILES string of the molecule is Cc1c(C)c(C)c(S(=O)(=O)N[C@H](C)c2ccc(-n3cncn3)cc2)c(C)c1C. The molecular weight excluding hydrogens is 372 g/mol. The lowest BCUT2D eigenvalue weighted by atomic mass is 9.95. The Morgan fingerprint density at radius 2 is 1.43 bits per heavy atom. The standard InChI is InChI=1S/C21H26N4O2S/c1-13-14(2)16(4)21(17(5)15(13)3)28(26,27)24-18(6)19-7-9-20(10-8-19)25-12-22-11-23-25/h7-12,18,24H,1-6H3/t18-/m1/s1. The molecule has 1 N–H and O–H groups in total. The van der Waals surface area contributed by atoms with Crippen molar-refractivity contribution in [1.29, 1.82) is 0 Å². The summed E-state index contributed by atoms with van der Waals surface area (Å²) in [5.41, 5.74) is 6.55. The van der Waals surface area contributed by atoms with Gasteiger partial charge in [-0.25, -0.2) is 22.8 Å². The summed E-state index contributed by atoms with van der Waals surface area (Å²) in [5, 5.41) is 4.10. The second-order valence-corrected chi connectivity index (χ2v) is 8.88. The van der Waals surface area contributed by atoms with Crippen LogP contribution in [-0.2, 0) is 10.0 Å². The number of rotatable bonds is 5. The monoisotopic (exact) mass is 398 g/mol. The van der Waals surface area contributed by atoms with Crippen LogP contribution < -0.4 is 4.72 Å². The third kappa shape index (κ3) is 3.59. The van der Waals surface area contributed by atoms with Crippen LogP contribution >= 0.6 is 0 Å². The minimum Gasteiger partial charge on any atom is -0.223 e. The summed E-state index contributed by atoms with van der Waals surface area (Å²) >= 11 is 0. The van der Waals surface area contributed by atoms with Crippen LogP contribution in [0.15, 0.2) is 41.8 Å². The topological polar surface area (TPSA) is 76.9 Å². The van der Waals surface area contributed by atoms with Gasteiger partial charge in [-0.05, 0) is 87.1 Å². The molecule has 1 aromatic heterocycles. The van der Waals surface area contributed by atoms with E-state index in [2.05, 4.69) is 14.8 Å². The van der Waals surface area contributed by atoms with Crippen molar-refractivity contribution in [3.05, 3.63) is 70.3 Å². The average molecular weight is 399 g/mol.